The molecule has 0 aliphatic rings. The van der Waals surface area contributed by atoms with E-state index in [-0.39, 0.29) is 15.9 Å². The van der Waals surface area contributed by atoms with Crippen LogP contribution in [-0.4, -0.2) is 15.2 Å². The van der Waals surface area contributed by atoms with Gasteiger partial charge in [0.05, 0.1) is 0 Å². The lowest BCUT2D eigenvalue weighted by Crippen LogP contribution is -2.10. The Bertz CT molecular complexity index is 576. The van der Waals surface area contributed by atoms with E-state index in [0.29, 0.717) is 5.82 Å². The molecule has 19 heavy (non-hydrogen) atoms. The molecule has 0 atom stereocenters. The number of anilines is 2. The Morgan fingerprint density at radius 3 is 2.21 bits per heavy atom. The summed E-state index contributed by atoms with van der Waals surface area (Å²) in [6.45, 7) is 6.50. The third-order valence-corrected chi connectivity index (χ3v) is 3.05. The maximum atomic E-state index is 5.89. The minimum Gasteiger partial charge on any atom is -0.338 e. The van der Waals surface area contributed by atoms with E-state index in [2.05, 4.69) is 53.4 Å². The summed E-state index contributed by atoms with van der Waals surface area (Å²) in [6.07, 6.45) is 0. The van der Waals surface area contributed by atoms with Crippen LogP contribution in [0.15, 0.2) is 24.3 Å². The normalized spacial score (nSPS) is 11.4. The lowest BCUT2D eigenvalue weighted by Gasteiger charge is -2.19. The van der Waals surface area contributed by atoms with E-state index < -0.39 is 0 Å². The predicted molar refractivity (Wildman–Crippen MR) is 78.3 cm³/mol. The van der Waals surface area contributed by atoms with Crippen LogP contribution in [0.1, 0.15) is 26.3 Å². The number of halogens is 2. The number of aromatic nitrogens is 3. The number of rotatable bonds is 2. The van der Waals surface area contributed by atoms with E-state index in [1.165, 1.54) is 5.56 Å². The molecule has 1 N–H and O–H groups in total. The van der Waals surface area contributed by atoms with Crippen molar-refractivity contribution < 1.29 is 0 Å². The summed E-state index contributed by atoms with van der Waals surface area (Å²) in [6, 6.07) is 8.05. The summed E-state index contributed by atoms with van der Waals surface area (Å²) < 4.78 is 0. The average Bonchev–Trinajstić information content (AvgIpc) is 2.33. The molecule has 2 aromatic rings. The average molecular weight is 297 g/mol. The van der Waals surface area contributed by atoms with E-state index in [0.717, 1.165) is 5.69 Å². The highest BCUT2D eigenvalue weighted by Crippen LogP contribution is 2.26. The highest BCUT2D eigenvalue weighted by atomic mass is 35.5. The summed E-state index contributed by atoms with van der Waals surface area (Å²) >= 11 is 11.6. The Morgan fingerprint density at radius 2 is 1.63 bits per heavy atom. The molecule has 0 aliphatic heterocycles. The standard InChI is InChI=1S/C13H14Cl2N4/c1-13(2,3)8-4-6-9(7-5-8)16-11-10(14)18-19-12(15)17-11/h4-7H,1-3H3,(H,16,17,19). The van der Waals surface area contributed by atoms with Crippen LogP contribution < -0.4 is 5.32 Å². The van der Waals surface area contributed by atoms with E-state index >= 15 is 0 Å². The molecule has 0 saturated carbocycles. The molecule has 0 radical (unpaired) electrons. The molecule has 0 spiro atoms. The predicted octanol–water partition coefficient (Wildman–Crippen LogP) is 4.22. The first-order valence-corrected chi connectivity index (χ1v) is 6.55. The SMILES string of the molecule is CC(C)(C)c1ccc(Nc2nc(Cl)nnc2Cl)cc1. The van der Waals surface area contributed by atoms with Crippen LogP contribution in [0, 0.1) is 0 Å². The Morgan fingerprint density at radius 1 is 1.00 bits per heavy atom. The second kappa shape index (κ2) is 5.31. The minimum atomic E-state index is 0.0539. The van der Waals surface area contributed by atoms with Gasteiger partial charge < -0.3 is 5.32 Å². The van der Waals surface area contributed by atoms with Gasteiger partial charge in [0.1, 0.15) is 0 Å². The molecule has 1 aromatic carbocycles. The van der Waals surface area contributed by atoms with Crippen LogP contribution in [0.5, 0.6) is 0 Å². The van der Waals surface area contributed by atoms with Crippen molar-refractivity contribution in [3.8, 4) is 0 Å². The largest absolute Gasteiger partial charge is 0.338 e. The summed E-state index contributed by atoms with van der Waals surface area (Å²) in [5.41, 5.74) is 2.24. The monoisotopic (exact) mass is 296 g/mol. The van der Waals surface area contributed by atoms with Crippen molar-refractivity contribution in [1.82, 2.24) is 15.2 Å². The highest BCUT2D eigenvalue weighted by Gasteiger charge is 2.13. The van der Waals surface area contributed by atoms with Gasteiger partial charge in [0.2, 0.25) is 5.28 Å². The lowest BCUT2D eigenvalue weighted by molar-refractivity contribution is 0.590. The molecule has 4 nitrogen and oxygen atoms in total. The van der Waals surface area contributed by atoms with E-state index in [1.54, 1.807) is 0 Å². The van der Waals surface area contributed by atoms with Gasteiger partial charge in [-0.2, -0.15) is 4.98 Å². The van der Waals surface area contributed by atoms with Gasteiger partial charge in [-0.1, -0.05) is 44.5 Å². The van der Waals surface area contributed by atoms with Crippen molar-refractivity contribution in [3.63, 3.8) is 0 Å². The van der Waals surface area contributed by atoms with Gasteiger partial charge in [0.25, 0.3) is 0 Å². The number of nitrogens with zero attached hydrogens (tertiary/aromatic N) is 3. The van der Waals surface area contributed by atoms with Crippen LogP contribution in [0.25, 0.3) is 0 Å². The van der Waals surface area contributed by atoms with Crippen molar-refractivity contribution in [1.29, 1.82) is 0 Å². The third kappa shape index (κ3) is 3.55. The van der Waals surface area contributed by atoms with Crippen molar-refractivity contribution in [2.75, 3.05) is 5.32 Å². The van der Waals surface area contributed by atoms with Crippen molar-refractivity contribution >= 4 is 34.7 Å². The van der Waals surface area contributed by atoms with Gasteiger partial charge >= 0.3 is 0 Å². The van der Waals surface area contributed by atoms with Gasteiger partial charge in [-0.05, 0) is 34.7 Å². The maximum Gasteiger partial charge on any atom is 0.245 e. The zero-order valence-corrected chi connectivity index (χ0v) is 12.4. The first kappa shape index (κ1) is 14.0. The molecule has 1 heterocycles. The smallest absolute Gasteiger partial charge is 0.245 e. The minimum absolute atomic E-state index is 0.0539. The molecule has 0 bridgehead atoms. The second-order valence-electron chi connectivity index (χ2n) is 5.17. The maximum absolute atomic E-state index is 5.89. The molecule has 1 aromatic heterocycles. The Balaban J connectivity index is 2.22. The number of nitrogens with one attached hydrogen (secondary N) is 1. The Hall–Kier alpha value is -1.39. The number of benzene rings is 1. The second-order valence-corrected chi connectivity index (χ2v) is 5.87. The molecule has 0 unspecified atom stereocenters. The highest BCUT2D eigenvalue weighted by molar-refractivity contribution is 6.32. The van der Waals surface area contributed by atoms with E-state index in [4.69, 9.17) is 23.2 Å². The van der Waals surface area contributed by atoms with Crippen LogP contribution in [0.2, 0.25) is 10.4 Å². The van der Waals surface area contributed by atoms with Crippen molar-refractivity contribution in [2.24, 2.45) is 0 Å². The summed E-state index contributed by atoms with van der Waals surface area (Å²) in [7, 11) is 0. The van der Waals surface area contributed by atoms with Crippen LogP contribution in [-0.2, 0) is 5.41 Å². The molecule has 0 amide bonds. The third-order valence-electron chi connectivity index (χ3n) is 2.63. The molecule has 0 saturated heterocycles. The summed E-state index contributed by atoms with van der Waals surface area (Å²) in [4.78, 5) is 3.99. The number of hydrogen-bond acceptors (Lipinski definition) is 4. The van der Waals surface area contributed by atoms with Gasteiger partial charge in [-0.25, -0.2) is 0 Å². The molecule has 100 valence electrons. The van der Waals surface area contributed by atoms with Crippen LogP contribution in [0.3, 0.4) is 0 Å². The molecular weight excluding hydrogens is 283 g/mol. The first-order valence-electron chi connectivity index (χ1n) is 5.79. The molecule has 0 aliphatic carbocycles. The van der Waals surface area contributed by atoms with Crippen LogP contribution >= 0.6 is 23.2 Å². The summed E-state index contributed by atoms with van der Waals surface area (Å²) in [5.74, 6) is 0.394. The fourth-order valence-electron chi connectivity index (χ4n) is 1.56. The molecule has 0 fully saturated rings. The first-order chi connectivity index (χ1) is 8.86. The zero-order chi connectivity index (χ0) is 14.0. The molecular formula is C13H14Cl2N4. The van der Waals surface area contributed by atoms with Crippen molar-refractivity contribution in [3.05, 3.63) is 40.3 Å². The fourth-order valence-corrected chi connectivity index (χ4v) is 1.81. The molecule has 6 heteroatoms. The summed E-state index contributed by atoms with van der Waals surface area (Å²) in [5, 5.41) is 10.6. The van der Waals surface area contributed by atoms with Gasteiger partial charge in [0.15, 0.2) is 11.0 Å². The van der Waals surface area contributed by atoms with Gasteiger partial charge in [-0.15, -0.1) is 10.2 Å². The number of hydrogen-bond donors (Lipinski definition) is 1. The Kier molecular flexibility index (Phi) is 3.92. The van der Waals surface area contributed by atoms with Crippen LogP contribution in [0.4, 0.5) is 11.5 Å². The van der Waals surface area contributed by atoms with E-state index in [1.807, 2.05) is 12.1 Å². The molecule has 2 rings (SSSR count). The van der Waals surface area contributed by atoms with Gasteiger partial charge in [-0.3, -0.25) is 0 Å². The fraction of sp³-hybridized carbons (Fsp3) is 0.308. The lowest BCUT2D eigenvalue weighted by atomic mass is 9.87. The topological polar surface area (TPSA) is 50.7 Å². The van der Waals surface area contributed by atoms with Crippen molar-refractivity contribution in [2.45, 2.75) is 26.2 Å². The Labute approximate surface area is 122 Å². The van der Waals surface area contributed by atoms with Gasteiger partial charge in [0, 0.05) is 5.69 Å². The van der Waals surface area contributed by atoms with E-state index in [9.17, 15) is 0 Å². The zero-order valence-electron chi connectivity index (χ0n) is 10.9. The quantitative estimate of drug-likeness (QED) is 0.901.